The van der Waals surface area contributed by atoms with Gasteiger partial charge in [-0.3, -0.25) is 4.79 Å². The van der Waals surface area contributed by atoms with Crippen LogP contribution >= 0.6 is 0 Å². The van der Waals surface area contributed by atoms with Crippen LogP contribution in [-0.2, 0) is 15.9 Å². The summed E-state index contributed by atoms with van der Waals surface area (Å²) >= 11 is -1.70. The first-order chi connectivity index (χ1) is 7.49. The summed E-state index contributed by atoms with van der Waals surface area (Å²) in [7, 11) is 0. The lowest BCUT2D eigenvalue weighted by atomic mass is 9.98. The van der Waals surface area contributed by atoms with Crippen molar-refractivity contribution in [2.24, 2.45) is 11.8 Å². The molecule has 1 N–H and O–H groups in total. The molecular formula is C11H21NO3S. The average Bonchev–Trinajstić information content (AvgIpc) is 2.16. The van der Waals surface area contributed by atoms with Crippen LogP contribution in [0.5, 0.6) is 0 Å². The van der Waals surface area contributed by atoms with Crippen LogP contribution in [0.4, 0.5) is 0 Å². The van der Waals surface area contributed by atoms with Crippen molar-refractivity contribution in [1.82, 2.24) is 4.90 Å². The molecule has 1 atom stereocenters. The second kappa shape index (κ2) is 6.35. The zero-order chi connectivity index (χ0) is 12.1. The van der Waals surface area contributed by atoms with E-state index in [4.69, 9.17) is 4.55 Å². The first kappa shape index (κ1) is 13.6. The van der Waals surface area contributed by atoms with Gasteiger partial charge >= 0.3 is 0 Å². The van der Waals surface area contributed by atoms with Crippen molar-refractivity contribution < 1.29 is 13.6 Å². The Morgan fingerprint density at radius 1 is 1.44 bits per heavy atom. The molecule has 1 aliphatic heterocycles. The van der Waals surface area contributed by atoms with Crippen LogP contribution in [0.1, 0.15) is 33.1 Å². The number of rotatable bonds is 4. The van der Waals surface area contributed by atoms with E-state index in [1.54, 1.807) is 0 Å². The number of piperidine rings is 1. The lowest BCUT2D eigenvalue weighted by Crippen LogP contribution is -2.39. The molecule has 1 heterocycles. The molecule has 0 radical (unpaired) electrons. The number of carbonyl (C=O) groups is 1. The summed E-state index contributed by atoms with van der Waals surface area (Å²) < 4.78 is 19.4. The highest BCUT2D eigenvalue weighted by Crippen LogP contribution is 2.19. The van der Waals surface area contributed by atoms with Gasteiger partial charge in [0, 0.05) is 19.5 Å². The molecule has 0 bridgehead atoms. The van der Waals surface area contributed by atoms with E-state index in [2.05, 4.69) is 0 Å². The molecule has 94 valence electrons. The molecule has 16 heavy (non-hydrogen) atoms. The summed E-state index contributed by atoms with van der Waals surface area (Å²) in [6.45, 7) is 5.57. The lowest BCUT2D eigenvalue weighted by molar-refractivity contribution is -0.133. The standard InChI is InChI=1S/C11H21NO3S/c1-9(2)7-11(13)12-5-3-10(4-6-12)8-16(14)15/h9-10H,3-8H2,1-2H3,(H,14,15). The number of amides is 1. The van der Waals surface area contributed by atoms with E-state index in [0.29, 0.717) is 24.0 Å². The van der Waals surface area contributed by atoms with Crippen molar-refractivity contribution in [2.45, 2.75) is 33.1 Å². The van der Waals surface area contributed by atoms with Gasteiger partial charge in [-0.15, -0.1) is 0 Å². The number of likely N-dealkylation sites (tertiary alicyclic amines) is 1. The van der Waals surface area contributed by atoms with Crippen LogP contribution in [0.3, 0.4) is 0 Å². The highest BCUT2D eigenvalue weighted by atomic mass is 32.2. The van der Waals surface area contributed by atoms with Gasteiger partial charge in [-0.05, 0) is 24.7 Å². The Bertz CT molecular complexity index is 260. The minimum atomic E-state index is -1.70. The van der Waals surface area contributed by atoms with Crippen LogP contribution in [0.15, 0.2) is 0 Å². The summed E-state index contributed by atoms with van der Waals surface area (Å²) in [6.07, 6.45) is 2.32. The van der Waals surface area contributed by atoms with Crippen LogP contribution in [-0.4, -0.2) is 38.4 Å². The van der Waals surface area contributed by atoms with Crippen LogP contribution in [0.25, 0.3) is 0 Å². The molecule has 4 nitrogen and oxygen atoms in total. The Morgan fingerprint density at radius 2 is 2.00 bits per heavy atom. The molecule has 1 rings (SSSR count). The van der Waals surface area contributed by atoms with Gasteiger partial charge in [-0.1, -0.05) is 13.8 Å². The first-order valence-electron chi connectivity index (χ1n) is 5.84. The second-order valence-corrected chi connectivity index (χ2v) is 5.89. The van der Waals surface area contributed by atoms with E-state index in [1.807, 2.05) is 18.7 Å². The van der Waals surface area contributed by atoms with E-state index in [-0.39, 0.29) is 5.91 Å². The molecule has 1 amide bonds. The maximum atomic E-state index is 11.8. The van der Waals surface area contributed by atoms with Gasteiger partial charge in [0.15, 0.2) is 11.1 Å². The zero-order valence-electron chi connectivity index (χ0n) is 10.0. The van der Waals surface area contributed by atoms with E-state index in [9.17, 15) is 9.00 Å². The fraction of sp³-hybridized carbons (Fsp3) is 0.909. The third-order valence-electron chi connectivity index (χ3n) is 2.93. The number of carbonyl (C=O) groups excluding carboxylic acids is 1. The van der Waals surface area contributed by atoms with Gasteiger partial charge in [-0.2, -0.15) is 0 Å². The van der Waals surface area contributed by atoms with Gasteiger partial charge in [0.2, 0.25) is 5.91 Å². The second-order valence-electron chi connectivity index (χ2n) is 4.91. The summed E-state index contributed by atoms with van der Waals surface area (Å²) in [5, 5.41) is 0. The molecule has 0 spiro atoms. The molecule has 0 aromatic rings. The normalized spacial score (nSPS) is 20.1. The van der Waals surface area contributed by atoms with E-state index < -0.39 is 11.1 Å². The Morgan fingerprint density at radius 3 is 2.44 bits per heavy atom. The van der Waals surface area contributed by atoms with Crippen molar-refractivity contribution in [3.63, 3.8) is 0 Å². The molecule has 0 aromatic carbocycles. The predicted molar refractivity (Wildman–Crippen MR) is 64.4 cm³/mol. The number of nitrogens with zero attached hydrogens (tertiary/aromatic N) is 1. The van der Waals surface area contributed by atoms with Crippen molar-refractivity contribution >= 4 is 17.0 Å². The summed E-state index contributed by atoms with van der Waals surface area (Å²) in [5.41, 5.74) is 0. The highest BCUT2D eigenvalue weighted by Gasteiger charge is 2.23. The molecule has 0 aromatic heterocycles. The quantitative estimate of drug-likeness (QED) is 0.766. The molecule has 1 saturated heterocycles. The topological polar surface area (TPSA) is 57.6 Å². The average molecular weight is 247 g/mol. The van der Waals surface area contributed by atoms with Crippen molar-refractivity contribution in [3.8, 4) is 0 Å². The predicted octanol–water partition coefficient (Wildman–Crippen LogP) is 1.49. The SMILES string of the molecule is CC(C)CC(=O)N1CCC(CS(=O)O)CC1. The molecule has 1 fully saturated rings. The Labute approximate surface area is 99.7 Å². The third kappa shape index (κ3) is 4.61. The van der Waals surface area contributed by atoms with Crippen LogP contribution in [0.2, 0.25) is 0 Å². The van der Waals surface area contributed by atoms with Gasteiger partial charge in [0.25, 0.3) is 0 Å². The van der Waals surface area contributed by atoms with Crippen molar-refractivity contribution in [2.75, 3.05) is 18.8 Å². The monoisotopic (exact) mass is 247 g/mol. The maximum absolute atomic E-state index is 11.8. The molecule has 0 aliphatic carbocycles. The fourth-order valence-electron chi connectivity index (χ4n) is 2.03. The van der Waals surface area contributed by atoms with Crippen molar-refractivity contribution in [3.05, 3.63) is 0 Å². The van der Waals surface area contributed by atoms with Crippen LogP contribution in [0, 0.1) is 11.8 Å². The number of hydrogen-bond acceptors (Lipinski definition) is 2. The lowest BCUT2D eigenvalue weighted by Gasteiger charge is -2.31. The van der Waals surface area contributed by atoms with Gasteiger partial charge in [0.1, 0.15) is 0 Å². The largest absolute Gasteiger partial charge is 0.343 e. The first-order valence-corrected chi connectivity index (χ1v) is 7.12. The molecule has 1 aliphatic rings. The van der Waals surface area contributed by atoms with Crippen molar-refractivity contribution in [1.29, 1.82) is 0 Å². The Kier molecular flexibility index (Phi) is 5.41. The fourth-order valence-corrected chi connectivity index (χ4v) is 2.77. The van der Waals surface area contributed by atoms with Crippen LogP contribution < -0.4 is 0 Å². The minimum absolute atomic E-state index is 0.221. The molecule has 1 unspecified atom stereocenters. The van der Waals surface area contributed by atoms with E-state index in [0.717, 1.165) is 25.9 Å². The summed E-state index contributed by atoms with van der Waals surface area (Å²) in [6, 6.07) is 0. The molecule has 5 heteroatoms. The van der Waals surface area contributed by atoms with E-state index >= 15 is 0 Å². The zero-order valence-corrected chi connectivity index (χ0v) is 10.8. The molecule has 0 saturated carbocycles. The Hall–Kier alpha value is -0.420. The summed E-state index contributed by atoms with van der Waals surface area (Å²) in [5.74, 6) is 1.27. The third-order valence-corrected chi connectivity index (χ3v) is 3.68. The van der Waals surface area contributed by atoms with Gasteiger partial charge in [-0.25, -0.2) is 4.21 Å². The maximum Gasteiger partial charge on any atom is 0.222 e. The Balaban J connectivity index is 2.31. The summed E-state index contributed by atoms with van der Waals surface area (Å²) in [4.78, 5) is 13.6. The van der Waals surface area contributed by atoms with Gasteiger partial charge in [0.05, 0.1) is 5.75 Å². The minimum Gasteiger partial charge on any atom is -0.343 e. The highest BCUT2D eigenvalue weighted by molar-refractivity contribution is 7.79. The number of hydrogen-bond donors (Lipinski definition) is 1. The van der Waals surface area contributed by atoms with E-state index in [1.165, 1.54) is 0 Å². The van der Waals surface area contributed by atoms with Gasteiger partial charge < -0.3 is 9.45 Å². The molecular weight excluding hydrogens is 226 g/mol. The smallest absolute Gasteiger partial charge is 0.222 e.